The number of benzene rings is 3. The summed E-state index contributed by atoms with van der Waals surface area (Å²) in [7, 11) is 0. The monoisotopic (exact) mass is 455 g/mol. The fourth-order valence-corrected chi connectivity index (χ4v) is 4.70. The number of aromatic nitrogens is 2. The lowest BCUT2D eigenvalue weighted by molar-refractivity contribution is 0.0737. The normalized spacial score (nSPS) is 11.1. The van der Waals surface area contributed by atoms with Crippen LogP contribution in [-0.4, -0.2) is 33.5 Å². The Morgan fingerprint density at radius 3 is 2.29 bits per heavy atom. The van der Waals surface area contributed by atoms with E-state index in [1.807, 2.05) is 68.1 Å². The van der Waals surface area contributed by atoms with Gasteiger partial charge in [0.05, 0.1) is 24.2 Å². The van der Waals surface area contributed by atoms with Crippen LogP contribution in [0.1, 0.15) is 53.1 Å². The van der Waals surface area contributed by atoms with E-state index in [-0.39, 0.29) is 5.91 Å². The zero-order chi connectivity index (χ0) is 24.2. The minimum atomic E-state index is 0.0575. The number of amides is 1. The van der Waals surface area contributed by atoms with Crippen LogP contribution in [0.15, 0.2) is 60.7 Å². The first-order valence-electron chi connectivity index (χ1n) is 12.0. The summed E-state index contributed by atoms with van der Waals surface area (Å²) in [5.41, 5.74) is 6.94. The van der Waals surface area contributed by atoms with Crippen LogP contribution in [0.25, 0.3) is 16.7 Å². The predicted octanol–water partition coefficient (Wildman–Crippen LogP) is 6.40. The van der Waals surface area contributed by atoms with Crippen LogP contribution >= 0.6 is 0 Å². The summed E-state index contributed by atoms with van der Waals surface area (Å²) in [5.74, 6) is 1.74. The summed E-state index contributed by atoms with van der Waals surface area (Å²) in [6, 6.07) is 20.3. The Morgan fingerprint density at radius 1 is 0.971 bits per heavy atom. The second kappa shape index (κ2) is 10.1. The van der Waals surface area contributed by atoms with Gasteiger partial charge in [-0.05, 0) is 81.6 Å². The van der Waals surface area contributed by atoms with Gasteiger partial charge in [0.15, 0.2) is 0 Å². The molecule has 0 bridgehead atoms. The zero-order valence-electron chi connectivity index (χ0n) is 20.8. The van der Waals surface area contributed by atoms with E-state index in [0.717, 1.165) is 51.4 Å². The summed E-state index contributed by atoms with van der Waals surface area (Å²) in [5, 5.41) is 0. The van der Waals surface area contributed by atoms with Crippen molar-refractivity contribution in [2.75, 3.05) is 13.2 Å². The van der Waals surface area contributed by atoms with E-state index in [9.17, 15) is 4.79 Å². The number of aryl methyl sites for hydroxylation is 3. The van der Waals surface area contributed by atoms with Crippen molar-refractivity contribution < 1.29 is 9.53 Å². The molecule has 0 atom stereocenters. The fraction of sp³-hybridized carbons (Fsp3) is 0.310. The van der Waals surface area contributed by atoms with Crippen LogP contribution in [-0.2, 0) is 6.54 Å². The molecule has 0 unspecified atom stereocenters. The van der Waals surface area contributed by atoms with E-state index in [0.29, 0.717) is 19.7 Å². The molecule has 0 aliphatic carbocycles. The van der Waals surface area contributed by atoms with Crippen LogP contribution in [0.2, 0.25) is 0 Å². The molecule has 176 valence electrons. The van der Waals surface area contributed by atoms with Gasteiger partial charge >= 0.3 is 0 Å². The molecule has 0 radical (unpaired) electrons. The van der Waals surface area contributed by atoms with Crippen LogP contribution in [0.4, 0.5) is 0 Å². The van der Waals surface area contributed by atoms with Gasteiger partial charge in [0.2, 0.25) is 0 Å². The van der Waals surface area contributed by atoms with E-state index in [4.69, 9.17) is 9.72 Å². The molecule has 0 saturated carbocycles. The fourth-order valence-electron chi connectivity index (χ4n) is 4.70. The van der Waals surface area contributed by atoms with Crippen molar-refractivity contribution in [2.24, 2.45) is 0 Å². The Balaban J connectivity index is 1.76. The molecule has 4 aromatic rings. The first-order valence-corrected chi connectivity index (χ1v) is 12.0. The number of hydrogen-bond donors (Lipinski definition) is 0. The molecule has 4 rings (SSSR count). The number of nitrogens with zero attached hydrogens (tertiary/aromatic N) is 3. The van der Waals surface area contributed by atoms with E-state index < -0.39 is 0 Å². The minimum absolute atomic E-state index is 0.0575. The molecule has 0 aliphatic heterocycles. The Bertz CT molecular complexity index is 1280. The third kappa shape index (κ3) is 4.69. The van der Waals surface area contributed by atoms with Crippen LogP contribution < -0.4 is 4.74 Å². The number of imidazole rings is 1. The molecule has 3 aromatic carbocycles. The summed E-state index contributed by atoms with van der Waals surface area (Å²) in [6.45, 7) is 11.9. The van der Waals surface area contributed by atoms with Gasteiger partial charge in [0.25, 0.3) is 5.91 Å². The molecule has 5 nitrogen and oxygen atoms in total. The molecule has 0 spiro atoms. The maximum absolute atomic E-state index is 13.7. The maximum Gasteiger partial charge on any atom is 0.254 e. The smallest absolute Gasteiger partial charge is 0.254 e. The molecule has 5 heteroatoms. The topological polar surface area (TPSA) is 47.4 Å². The highest BCUT2D eigenvalue weighted by atomic mass is 16.5. The first kappa shape index (κ1) is 23.6. The number of rotatable bonds is 8. The molecule has 0 fully saturated rings. The summed E-state index contributed by atoms with van der Waals surface area (Å²) in [6.07, 6.45) is 0.874. The van der Waals surface area contributed by atoms with Gasteiger partial charge in [-0.1, -0.05) is 36.8 Å². The average Bonchev–Trinajstić information content (AvgIpc) is 3.17. The van der Waals surface area contributed by atoms with Crippen molar-refractivity contribution in [3.05, 3.63) is 88.7 Å². The Kier molecular flexibility index (Phi) is 7.01. The largest absolute Gasteiger partial charge is 0.494 e. The molecule has 0 N–H and O–H groups in total. The van der Waals surface area contributed by atoms with Crippen LogP contribution in [0.3, 0.4) is 0 Å². The number of hydrogen-bond acceptors (Lipinski definition) is 3. The Labute approximate surface area is 202 Å². The van der Waals surface area contributed by atoms with Crippen molar-refractivity contribution in [1.29, 1.82) is 0 Å². The summed E-state index contributed by atoms with van der Waals surface area (Å²) in [4.78, 5) is 20.6. The third-order valence-corrected chi connectivity index (χ3v) is 6.04. The lowest BCUT2D eigenvalue weighted by atomic mass is 9.98. The number of ether oxygens (including phenoxy) is 1. The van der Waals surface area contributed by atoms with E-state index in [1.165, 1.54) is 5.56 Å². The predicted molar refractivity (Wildman–Crippen MR) is 138 cm³/mol. The summed E-state index contributed by atoms with van der Waals surface area (Å²) < 4.78 is 7.77. The number of para-hydroxylation sites is 2. The Morgan fingerprint density at radius 2 is 1.65 bits per heavy atom. The van der Waals surface area contributed by atoms with Gasteiger partial charge in [-0.25, -0.2) is 4.98 Å². The first-order chi connectivity index (χ1) is 16.4. The van der Waals surface area contributed by atoms with Gasteiger partial charge in [-0.15, -0.1) is 0 Å². The van der Waals surface area contributed by atoms with E-state index >= 15 is 0 Å². The number of carbonyl (C=O) groups excluding carboxylic acids is 1. The maximum atomic E-state index is 13.7. The lowest BCUT2D eigenvalue weighted by Crippen LogP contribution is -2.33. The molecule has 1 amide bonds. The highest BCUT2D eigenvalue weighted by molar-refractivity contribution is 5.97. The van der Waals surface area contributed by atoms with Crippen molar-refractivity contribution >= 4 is 16.9 Å². The van der Waals surface area contributed by atoms with Crippen LogP contribution in [0, 0.1) is 20.8 Å². The SMILES string of the molecule is CCCN(Cc1nc2ccccc2n1-c1ccc(OCC)cc1)C(=O)c1c(C)cc(C)cc1C. The van der Waals surface area contributed by atoms with E-state index in [2.05, 4.69) is 36.6 Å². The van der Waals surface area contributed by atoms with Crippen molar-refractivity contribution in [1.82, 2.24) is 14.5 Å². The van der Waals surface area contributed by atoms with Gasteiger partial charge < -0.3 is 9.64 Å². The third-order valence-electron chi connectivity index (χ3n) is 6.04. The highest BCUT2D eigenvalue weighted by Crippen LogP contribution is 2.26. The molecule has 0 aliphatic rings. The minimum Gasteiger partial charge on any atom is -0.494 e. The molecule has 1 heterocycles. The molecule has 0 saturated heterocycles. The van der Waals surface area contributed by atoms with Crippen molar-refractivity contribution in [2.45, 2.75) is 47.6 Å². The summed E-state index contributed by atoms with van der Waals surface area (Å²) >= 11 is 0. The highest BCUT2D eigenvalue weighted by Gasteiger charge is 2.23. The molecular weight excluding hydrogens is 422 g/mol. The molecular formula is C29H33N3O2. The molecule has 1 aromatic heterocycles. The second-order valence-corrected chi connectivity index (χ2v) is 8.78. The van der Waals surface area contributed by atoms with Gasteiger partial charge in [-0.2, -0.15) is 0 Å². The van der Waals surface area contributed by atoms with Crippen molar-refractivity contribution in [3.63, 3.8) is 0 Å². The van der Waals surface area contributed by atoms with Gasteiger partial charge in [0.1, 0.15) is 11.6 Å². The Hall–Kier alpha value is -3.60. The van der Waals surface area contributed by atoms with Gasteiger partial charge in [0, 0.05) is 17.8 Å². The van der Waals surface area contributed by atoms with Gasteiger partial charge in [-0.3, -0.25) is 9.36 Å². The number of carbonyl (C=O) groups is 1. The van der Waals surface area contributed by atoms with Crippen molar-refractivity contribution in [3.8, 4) is 11.4 Å². The second-order valence-electron chi connectivity index (χ2n) is 8.78. The quantitative estimate of drug-likeness (QED) is 0.309. The standard InChI is InChI=1S/C29H33N3O2/c1-6-16-31(29(33)28-21(4)17-20(3)18-22(28)5)19-27-30-25-10-8-9-11-26(25)32(27)23-12-14-24(15-13-23)34-7-2/h8-15,17-18H,6-7,16,19H2,1-5H3. The molecule has 34 heavy (non-hydrogen) atoms. The number of fused-ring (bicyclic) bond motifs is 1. The van der Waals surface area contributed by atoms with E-state index in [1.54, 1.807) is 0 Å². The average molecular weight is 456 g/mol. The van der Waals surface area contributed by atoms with Crippen LogP contribution in [0.5, 0.6) is 5.75 Å². The lowest BCUT2D eigenvalue weighted by Gasteiger charge is -2.24. The zero-order valence-corrected chi connectivity index (χ0v) is 20.8.